The van der Waals surface area contributed by atoms with Gasteiger partial charge in [-0.05, 0) is 45.0 Å². The van der Waals surface area contributed by atoms with Gasteiger partial charge in [-0.3, -0.25) is 0 Å². The van der Waals surface area contributed by atoms with Crippen LogP contribution in [0, 0.1) is 0 Å². The van der Waals surface area contributed by atoms with Crippen LogP contribution in [0.15, 0.2) is 24.3 Å². The van der Waals surface area contributed by atoms with Crippen molar-refractivity contribution in [3.8, 4) is 5.75 Å². The molecule has 0 radical (unpaired) electrons. The summed E-state index contributed by atoms with van der Waals surface area (Å²) in [7, 11) is 0. The van der Waals surface area contributed by atoms with Gasteiger partial charge in [-0.2, -0.15) is 0 Å². The molecule has 1 N–H and O–H groups in total. The Morgan fingerprint density at radius 3 is 2.81 bits per heavy atom. The third kappa shape index (κ3) is 4.86. The third-order valence-electron chi connectivity index (χ3n) is 2.38. The molecule has 1 aromatic carbocycles. The quantitative estimate of drug-likeness (QED) is 0.738. The maximum atomic E-state index is 6.01. The topological polar surface area (TPSA) is 21.3 Å². The van der Waals surface area contributed by atoms with Crippen LogP contribution in [0.25, 0.3) is 0 Å². The summed E-state index contributed by atoms with van der Waals surface area (Å²) in [4.78, 5) is 0. The Kier molecular flexibility index (Phi) is 6.27. The highest BCUT2D eigenvalue weighted by molar-refractivity contribution is 6.32. The molecule has 1 aromatic rings. The summed E-state index contributed by atoms with van der Waals surface area (Å²) in [6, 6.07) is 7.60. The number of para-hydroxylation sites is 1. The molecule has 0 aliphatic rings. The molecule has 1 unspecified atom stereocenters. The van der Waals surface area contributed by atoms with Gasteiger partial charge in [0.15, 0.2) is 0 Å². The van der Waals surface area contributed by atoms with Crippen LogP contribution in [0.4, 0.5) is 0 Å². The van der Waals surface area contributed by atoms with Crippen molar-refractivity contribution in [2.45, 2.75) is 32.8 Å². The lowest BCUT2D eigenvalue weighted by molar-refractivity contribution is 0.208. The van der Waals surface area contributed by atoms with E-state index in [0.717, 1.165) is 31.7 Å². The van der Waals surface area contributed by atoms with Crippen LogP contribution in [0.3, 0.4) is 0 Å². The van der Waals surface area contributed by atoms with E-state index in [1.54, 1.807) is 0 Å². The van der Waals surface area contributed by atoms with Gasteiger partial charge in [0.1, 0.15) is 5.75 Å². The van der Waals surface area contributed by atoms with Gasteiger partial charge in [-0.15, -0.1) is 0 Å². The van der Waals surface area contributed by atoms with Crippen LogP contribution in [-0.2, 0) is 0 Å². The van der Waals surface area contributed by atoms with Crippen molar-refractivity contribution in [1.29, 1.82) is 0 Å². The molecular weight excluding hydrogens is 222 g/mol. The molecule has 0 aliphatic heterocycles. The minimum Gasteiger partial charge on any atom is -0.489 e. The Hall–Kier alpha value is -0.730. The molecule has 0 amide bonds. The summed E-state index contributed by atoms with van der Waals surface area (Å²) in [6.07, 6.45) is 2.37. The van der Waals surface area contributed by atoms with Crippen LogP contribution in [-0.4, -0.2) is 19.2 Å². The maximum absolute atomic E-state index is 6.01. The molecule has 1 rings (SSSR count). The average Bonchev–Trinajstić information content (AvgIpc) is 2.28. The lowest BCUT2D eigenvalue weighted by Crippen LogP contribution is -2.18. The largest absolute Gasteiger partial charge is 0.489 e. The first-order valence-corrected chi connectivity index (χ1v) is 6.23. The number of hydrogen-bond donors (Lipinski definition) is 1. The molecule has 0 heterocycles. The Morgan fingerprint density at radius 2 is 2.12 bits per heavy atom. The lowest BCUT2D eigenvalue weighted by atomic mass is 10.2. The normalized spacial score (nSPS) is 12.4. The molecule has 0 spiro atoms. The number of nitrogens with one attached hydrogen (secondary N) is 1. The summed E-state index contributed by atoms with van der Waals surface area (Å²) in [5, 5.41) is 3.98. The highest BCUT2D eigenvalue weighted by Crippen LogP contribution is 2.24. The fourth-order valence-corrected chi connectivity index (χ4v) is 1.69. The van der Waals surface area contributed by atoms with E-state index in [9.17, 15) is 0 Å². The van der Waals surface area contributed by atoms with E-state index in [1.165, 1.54) is 0 Å². The summed E-state index contributed by atoms with van der Waals surface area (Å²) in [5.74, 6) is 0.778. The second kappa shape index (κ2) is 7.53. The Labute approximate surface area is 103 Å². The van der Waals surface area contributed by atoms with Crippen LogP contribution < -0.4 is 10.1 Å². The zero-order valence-electron chi connectivity index (χ0n) is 10.0. The molecule has 90 valence electrons. The van der Waals surface area contributed by atoms with E-state index in [1.807, 2.05) is 24.3 Å². The van der Waals surface area contributed by atoms with Crippen molar-refractivity contribution >= 4 is 11.6 Å². The van der Waals surface area contributed by atoms with Crippen molar-refractivity contribution in [3.05, 3.63) is 29.3 Å². The molecule has 3 heteroatoms. The molecule has 2 nitrogen and oxygen atoms in total. The molecular formula is C13H20ClNO. The second-order valence-electron chi connectivity index (χ2n) is 3.85. The van der Waals surface area contributed by atoms with Gasteiger partial charge in [-0.1, -0.05) is 30.7 Å². The van der Waals surface area contributed by atoms with E-state index < -0.39 is 0 Å². The molecule has 0 aromatic heterocycles. The smallest absolute Gasteiger partial charge is 0.138 e. The number of rotatable bonds is 7. The Balaban J connectivity index is 2.28. The zero-order chi connectivity index (χ0) is 11.8. The first kappa shape index (κ1) is 13.3. The van der Waals surface area contributed by atoms with Gasteiger partial charge in [0.25, 0.3) is 0 Å². The molecule has 0 saturated carbocycles. The fraction of sp³-hybridized carbons (Fsp3) is 0.538. The SMILES string of the molecule is CCNCCCC(C)Oc1ccccc1Cl. The molecule has 0 fully saturated rings. The van der Waals surface area contributed by atoms with Crippen molar-refractivity contribution in [2.75, 3.05) is 13.1 Å². The number of halogens is 1. The van der Waals surface area contributed by atoms with E-state index in [4.69, 9.17) is 16.3 Å². The predicted molar refractivity (Wildman–Crippen MR) is 69.3 cm³/mol. The van der Waals surface area contributed by atoms with E-state index in [0.29, 0.717) is 5.02 Å². The molecule has 0 saturated heterocycles. The summed E-state index contributed by atoms with van der Waals surface area (Å²) in [6.45, 7) is 6.27. The first-order valence-electron chi connectivity index (χ1n) is 5.86. The van der Waals surface area contributed by atoms with E-state index in [2.05, 4.69) is 19.2 Å². The van der Waals surface area contributed by atoms with Crippen LogP contribution in [0.1, 0.15) is 26.7 Å². The van der Waals surface area contributed by atoms with Crippen LogP contribution in [0.2, 0.25) is 5.02 Å². The molecule has 0 aliphatic carbocycles. The van der Waals surface area contributed by atoms with Crippen molar-refractivity contribution < 1.29 is 4.74 Å². The van der Waals surface area contributed by atoms with E-state index >= 15 is 0 Å². The highest BCUT2D eigenvalue weighted by Gasteiger charge is 2.06. The summed E-state index contributed by atoms with van der Waals surface area (Å²) >= 11 is 6.01. The Bertz CT molecular complexity index is 304. The van der Waals surface area contributed by atoms with Crippen molar-refractivity contribution in [1.82, 2.24) is 5.32 Å². The van der Waals surface area contributed by atoms with Crippen LogP contribution in [0.5, 0.6) is 5.75 Å². The average molecular weight is 242 g/mol. The minimum atomic E-state index is 0.207. The number of ether oxygens (including phenoxy) is 1. The maximum Gasteiger partial charge on any atom is 0.138 e. The van der Waals surface area contributed by atoms with Crippen molar-refractivity contribution in [2.24, 2.45) is 0 Å². The van der Waals surface area contributed by atoms with E-state index in [-0.39, 0.29) is 6.10 Å². The van der Waals surface area contributed by atoms with Gasteiger partial charge in [-0.25, -0.2) is 0 Å². The van der Waals surface area contributed by atoms with Gasteiger partial charge in [0.05, 0.1) is 11.1 Å². The Morgan fingerprint density at radius 1 is 1.38 bits per heavy atom. The molecule has 16 heavy (non-hydrogen) atoms. The monoisotopic (exact) mass is 241 g/mol. The first-order chi connectivity index (χ1) is 7.74. The molecule has 0 bridgehead atoms. The summed E-state index contributed by atoms with van der Waals surface area (Å²) < 4.78 is 5.77. The highest BCUT2D eigenvalue weighted by atomic mass is 35.5. The second-order valence-corrected chi connectivity index (χ2v) is 4.26. The number of benzene rings is 1. The third-order valence-corrected chi connectivity index (χ3v) is 2.69. The number of hydrogen-bond acceptors (Lipinski definition) is 2. The fourth-order valence-electron chi connectivity index (χ4n) is 1.51. The lowest BCUT2D eigenvalue weighted by Gasteiger charge is -2.15. The zero-order valence-corrected chi connectivity index (χ0v) is 10.8. The van der Waals surface area contributed by atoms with Gasteiger partial charge in [0.2, 0.25) is 0 Å². The summed E-state index contributed by atoms with van der Waals surface area (Å²) in [5.41, 5.74) is 0. The molecule has 1 atom stereocenters. The standard InChI is InChI=1S/C13H20ClNO/c1-3-15-10-6-7-11(2)16-13-9-5-4-8-12(13)14/h4-5,8-9,11,15H,3,6-7,10H2,1-2H3. The van der Waals surface area contributed by atoms with Crippen LogP contribution >= 0.6 is 11.6 Å². The van der Waals surface area contributed by atoms with Gasteiger partial charge in [0, 0.05) is 0 Å². The van der Waals surface area contributed by atoms with Crippen molar-refractivity contribution in [3.63, 3.8) is 0 Å². The predicted octanol–water partition coefficient (Wildman–Crippen LogP) is 3.50. The van der Waals surface area contributed by atoms with Gasteiger partial charge < -0.3 is 10.1 Å². The van der Waals surface area contributed by atoms with Gasteiger partial charge >= 0.3 is 0 Å². The minimum absolute atomic E-state index is 0.207.